The van der Waals surface area contributed by atoms with E-state index in [0.717, 1.165) is 32.8 Å². The number of aryl methyl sites for hydroxylation is 1. The van der Waals surface area contributed by atoms with E-state index in [1.807, 2.05) is 37.3 Å². The number of hydrogen-bond donors (Lipinski definition) is 0. The summed E-state index contributed by atoms with van der Waals surface area (Å²) in [6.07, 6.45) is 2.30. The number of rotatable bonds is 7. The predicted molar refractivity (Wildman–Crippen MR) is 129 cm³/mol. The van der Waals surface area contributed by atoms with Crippen molar-refractivity contribution in [2.24, 2.45) is 11.0 Å². The van der Waals surface area contributed by atoms with E-state index < -0.39 is 0 Å². The summed E-state index contributed by atoms with van der Waals surface area (Å²) in [6, 6.07) is 9.50. The highest BCUT2D eigenvalue weighted by atomic mass is 32.1. The summed E-state index contributed by atoms with van der Waals surface area (Å²) in [6.45, 7) is 6.57. The molecule has 32 heavy (non-hydrogen) atoms. The summed E-state index contributed by atoms with van der Waals surface area (Å²) < 4.78 is 12.6. The molecule has 0 saturated heterocycles. The van der Waals surface area contributed by atoms with E-state index in [1.165, 1.54) is 16.0 Å². The molecule has 0 radical (unpaired) electrons. The van der Waals surface area contributed by atoms with Gasteiger partial charge in [0, 0.05) is 24.6 Å². The summed E-state index contributed by atoms with van der Waals surface area (Å²) in [5, 5.41) is 5.41. The second-order valence-electron chi connectivity index (χ2n) is 8.08. The average Bonchev–Trinajstić information content (AvgIpc) is 3.12. The van der Waals surface area contributed by atoms with Gasteiger partial charge in [0.05, 0.1) is 25.4 Å². The van der Waals surface area contributed by atoms with Crippen LogP contribution in [0.5, 0.6) is 5.75 Å². The van der Waals surface area contributed by atoms with Crippen LogP contribution in [-0.4, -0.2) is 35.1 Å². The minimum Gasteiger partial charge on any atom is -0.497 e. The molecule has 0 N–H and O–H groups in total. The summed E-state index contributed by atoms with van der Waals surface area (Å²) >= 11 is 1.36. The maximum atomic E-state index is 13.5. The normalized spacial score (nSPS) is 11.9. The van der Waals surface area contributed by atoms with Crippen molar-refractivity contribution in [2.75, 3.05) is 14.2 Å². The Morgan fingerprint density at radius 3 is 2.59 bits per heavy atom. The Kier molecular flexibility index (Phi) is 6.34. The first kappa shape index (κ1) is 22.1. The fourth-order valence-corrected chi connectivity index (χ4v) is 4.77. The molecule has 1 aromatic carbocycles. The van der Waals surface area contributed by atoms with Crippen LogP contribution >= 0.6 is 11.3 Å². The van der Waals surface area contributed by atoms with Gasteiger partial charge in [-0.05, 0) is 54.3 Å². The molecule has 0 spiro atoms. The Morgan fingerprint density at radius 2 is 1.94 bits per heavy atom. The molecule has 0 aliphatic rings. The maximum Gasteiger partial charge on any atom is 0.292 e. The topological polar surface area (TPSA) is 78.6 Å². The number of thiophene rings is 1. The summed E-state index contributed by atoms with van der Waals surface area (Å²) in [5.41, 5.74) is 3.24. The summed E-state index contributed by atoms with van der Waals surface area (Å²) in [4.78, 5) is 23.9. The van der Waals surface area contributed by atoms with Crippen LogP contribution in [0.4, 0.5) is 0 Å². The molecular formula is C24H26N4O3S. The molecule has 4 rings (SSSR count). The van der Waals surface area contributed by atoms with Gasteiger partial charge in [0.25, 0.3) is 5.56 Å². The lowest BCUT2D eigenvalue weighted by Crippen LogP contribution is -2.22. The zero-order valence-electron chi connectivity index (χ0n) is 18.9. The highest BCUT2D eigenvalue weighted by Crippen LogP contribution is 2.33. The number of ether oxygens (including phenoxy) is 2. The number of methoxy groups -OCH3 is 2. The molecule has 0 atom stereocenters. The lowest BCUT2D eigenvalue weighted by molar-refractivity contribution is 0.186. The minimum atomic E-state index is -0.181. The van der Waals surface area contributed by atoms with E-state index in [1.54, 1.807) is 20.4 Å². The van der Waals surface area contributed by atoms with E-state index in [4.69, 9.17) is 14.5 Å². The van der Waals surface area contributed by atoms with Crippen molar-refractivity contribution in [3.05, 3.63) is 63.3 Å². The predicted octanol–water partition coefficient (Wildman–Crippen LogP) is 4.55. The van der Waals surface area contributed by atoms with Crippen molar-refractivity contribution in [1.29, 1.82) is 0 Å². The standard InChI is InChI=1S/C24H26N4O3S/c1-14(2)10-19-27-21-20-17(13-30-4)11-15(3)26-23(20)32-22(21)24(29)28(19)25-12-16-6-8-18(31-5)9-7-16/h6-9,11-12,14H,10,13H2,1-5H3/b25-12+. The molecule has 0 fully saturated rings. The smallest absolute Gasteiger partial charge is 0.292 e. The Morgan fingerprint density at radius 1 is 1.19 bits per heavy atom. The molecule has 0 aliphatic heterocycles. The fourth-order valence-electron chi connectivity index (χ4n) is 3.64. The monoisotopic (exact) mass is 450 g/mol. The minimum absolute atomic E-state index is 0.181. The molecule has 0 saturated carbocycles. The zero-order chi connectivity index (χ0) is 22.8. The van der Waals surface area contributed by atoms with E-state index in [2.05, 4.69) is 23.9 Å². The van der Waals surface area contributed by atoms with Crippen LogP contribution in [0.1, 0.15) is 36.5 Å². The molecule has 0 unspecified atom stereocenters. The van der Waals surface area contributed by atoms with Gasteiger partial charge in [-0.3, -0.25) is 4.79 Å². The number of benzene rings is 1. The zero-order valence-corrected chi connectivity index (χ0v) is 19.7. The summed E-state index contributed by atoms with van der Waals surface area (Å²) in [5.74, 6) is 1.71. The number of fused-ring (bicyclic) bond motifs is 3. The second kappa shape index (κ2) is 9.18. The molecule has 7 nitrogen and oxygen atoms in total. The highest BCUT2D eigenvalue weighted by Gasteiger charge is 2.19. The Hall–Kier alpha value is -3.10. The number of nitrogens with zero attached hydrogens (tertiary/aromatic N) is 4. The van der Waals surface area contributed by atoms with Gasteiger partial charge in [-0.2, -0.15) is 9.78 Å². The lowest BCUT2D eigenvalue weighted by Gasteiger charge is -2.10. The lowest BCUT2D eigenvalue weighted by atomic mass is 10.1. The van der Waals surface area contributed by atoms with E-state index in [9.17, 15) is 4.79 Å². The van der Waals surface area contributed by atoms with Gasteiger partial charge in [-0.1, -0.05) is 13.8 Å². The fraction of sp³-hybridized carbons (Fsp3) is 0.333. The number of aromatic nitrogens is 3. The molecule has 8 heteroatoms. The second-order valence-corrected chi connectivity index (χ2v) is 9.08. The molecule has 0 amide bonds. The Balaban J connectivity index is 1.92. The van der Waals surface area contributed by atoms with Gasteiger partial charge < -0.3 is 9.47 Å². The number of hydrogen-bond acceptors (Lipinski definition) is 7. The molecular weight excluding hydrogens is 424 g/mol. The molecule has 3 heterocycles. The van der Waals surface area contributed by atoms with Gasteiger partial charge in [-0.25, -0.2) is 9.97 Å². The van der Waals surface area contributed by atoms with E-state index in [-0.39, 0.29) is 5.56 Å². The Bertz CT molecular complexity index is 1350. The van der Waals surface area contributed by atoms with Crippen molar-refractivity contribution in [2.45, 2.75) is 33.8 Å². The first-order chi connectivity index (χ1) is 15.4. The Labute approximate surface area is 190 Å². The van der Waals surface area contributed by atoms with Crippen molar-refractivity contribution in [3.63, 3.8) is 0 Å². The quantitative estimate of drug-likeness (QED) is 0.386. The van der Waals surface area contributed by atoms with Gasteiger partial charge >= 0.3 is 0 Å². The van der Waals surface area contributed by atoms with Gasteiger partial charge in [0.2, 0.25) is 0 Å². The molecule has 0 bridgehead atoms. The SMILES string of the molecule is COCc1cc(C)nc2sc3c(=O)n(/N=C/c4ccc(OC)cc4)c(CC(C)C)nc3c12. The van der Waals surface area contributed by atoms with E-state index in [0.29, 0.717) is 35.0 Å². The third kappa shape index (κ3) is 4.28. The van der Waals surface area contributed by atoms with Crippen LogP contribution < -0.4 is 10.3 Å². The third-order valence-corrected chi connectivity index (χ3v) is 6.11. The van der Waals surface area contributed by atoms with Crippen molar-refractivity contribution < 1.29 is 9.47 Å². The molecule has 0 aliphatic carbocycles. The van der Waals surface area contributed by atoms with Crippen molar-refractivity contribution >= 4 is 38.0 Å². The van der Waals surface area contributed by atoms with Crippen molar-refractivity contribution in [1.82, 2.24) is 14.6 Å². The average molecular weight is 451 g/mol. The third-order valence-electron chi connectivity index (χ3n) is 5.05. The maximum absolute atomic E-state index is 13.5. The van der Waals surface area contributed by atoms with Crippen LogP contribution in [0, 0.1) is 12.8 Å². The molecule has 4 aromatic rings. The highest BCUT2D eigenvalue weighted by molar-refractivity contribution is 7.25. The summed E-state index contributed by atoms with van der Waals surface area (Å²) in [7, 11) is 3.29. The van der Waals surface area contributed by atoms with Crippen LogP contribution in [0.2, 0.25) is 0 Å². The van der Waals surface area contributed by atoms with Crippen LogP contribution in [-0.2, 0) is 17.8 Å². The molecule has 166 valence electrons. The largest absolute Gasteiger partial charge is 0.497 e. The van der Waals surface area contributed by atoms with Gasteiger partial charge in [-0.15, -0.1) is 11.3 Å². The van der Waals surface area contributed by atoms with Crippen LogP contribution in [0.25, 0.3) is 20.4 Å². The van der Waals surface area contributed by atoms with Crippen LogP contribution in [0.3, 0.4) is 0 Å². The van der Waals surface area contributed by atoms with Gasteiger partial charge in [0.15, 0.2) is 0 Å². The van der Waals surface area contributed by atoms with E-state index >= 15 is 0 Å². The first-order valence-electron chi connectivity index (χ1n) is 10.4. The van der Waals surface area contributed by atoms with Gasteiger partial charge in [0.1, 0.15) is 21.1 Å². The van der Waals surface area contributed by atoms with Crippen molar-refractivity contribution in [3.8, 4) is 5.75 Å². The number of pyridine rings is 1. The first-order valence-corrected chi connectivity index (χ1v) is 11.2. The molecule has 3 aromatic heterocycles. The van der Waals surface area contributed by atoms with Crippen LogP contribution in [0.15, 0.2) is 40.2 Å².